The highest BCUT2D eigenvalue weighted by Crippen LogP contribution is 2.43. The quantitative estimate of drug-likeness (QED) is 0.0185. The van der Waals surface area contributed by atoms with E-state index in [-0.39, 0.29) is 32.6 Å². The first-order valence-corrected chi connectivity index (χ1v) is 21.6. The van der Waals surface area contributed by atoms with Crippen molar-refractivity contribution in [2.45, 2.75) is 122 Å². The predicted octanol–water partition coefficient (Wildman–Crippen LogP) is 10.3. The molecule has 0 saturated heterocycles. The molecule has 0 aromatic rings. The van der Waals surface area contributed by atoms with Crippen LogP contribution < -0.4 is 5.73 Å². The molecule has 4 N–H and O–H groups in total. The number of phosphoric acid groups is 1. The molecule has 0 rings (SSSR count). The molecule has 0 aliphatic rings. The molecule has 11 heteroatoms. The molecule has 0 aromatic heterocycles. The fraction of sp³-hybridized carbons (Fsp3) is 0.511. The van der Waals surface area contributed by atoms with Crippen LogP contribution in [0.25, 0.3) is 0 Å². The van der Waals surface area contributed by atoms with Crippen LogP contribution in [0.5, 0.6) is 0 Å². The van der Waals surface area contributed by atoms with Crippen molar-refractivity contribution in [1.82, 2.24) is 0 Å². The minimum absolute atomic E-state index is 0.00798. The van der Waals surface area contributed by atoms with Gasteiger partial charge in [0.15, 0.2) is 6.10 Å². The SMILES string of the molecule is CC/C=C\C/C=C\C/C=C\C/C=C\C=C\C(O)CCCC(=O)O[C@H](COC(=O)CCC/C=C\C/C=C\C/C=C\C/C=C\C/C=C\CC)COP(=O)(O)OCCN. The maximum atomic E-state index is 12.6. The molecule has 314 valence electrons. The predicted molar refractivity (Wildman–Crippen MR) is 230 cm³/mol. The fourth-order valence-electron chi connectivity index (χ4n) is 4.52. The number of hydrogen-bond acceptors (Lipinski definition) is 9. The van der Waals surface area contributed by atoms with Crippen molar-refractivity contribution in [3.63, 3.8) is 0 Å². The first-order valence-electron chi connectivity index (χ1n) is 20.1. The van der Waals surface area contributed by atoms with E-state index in [4.69, 9.17) is 24.3 Å². The molecule has 0 aliphatic carbocycles. The van der Waals surface area contributed by atoms with E-state index in [1.54, 1.807) is 12.2 Å². The first kappa shape index (κ1) is 52.4. The van der Waals surface area contributed by atoms with Gasteiger partial charge in [-0.25, -0.2) is 4.57 Å². The highest BCUT2D eigenvalue weighted by Gasteiger charge is 2.26. The zero-order chi connectivity index (χ0) is 41.2. The topological polar surface area (TPSA) is 155 Å². The number of rotatable bonds is 35. The van der Waals surface area contributed by atoms with Crippen molar-refractivity contribution in [2.24, 2.45) is 5.73 Å². The van der Waals surface area contributed by atoms with E-state index in [0.717, 1.165) is 57.8 Å². The summed E-state index contributed by atoms with van der Waals surface area (Å²) in [6, 6.07) is 0. The molecule has 0 aliphatic heterocycles. The standard InChI is InChI=1S/C45H70NO9P/c1-3-5-7-9-11-13-15-17-18-19-20-22-24-26-28-30-32-36-44(48)52-40-43(41-54-56(50,51)53-39-38-46)55-45(49)37-33-35-42(47)34-31-29-27-25-23-21-16-14-12-10-8-6-4-2/h5-8,11-14,17-18,20-23,26-29,31,34,42-43,47H,3-4,9-10,15-16,19,24-25,30,32-33,35-41,46H2,1-2H3,(H,50,51)/b7-5-,8-6-,13-11-,14-12-,18-17-,22-20-,23-21-,28-26-,29-27-,34-31+/t42?,43-/m1/s1. The van der Waals surface area contributed by atoms with Crippen molar-refractivity contribution < 1.29 is 42.7 Å². The van der Waals surface area contributed by atoms with Crippen LogP contribution in [-0.2, 0) is 32.7 Å². The second-order valence-electron chi connectivity index (χ2n) is 12.6. The van der Waals surface area contributed by atoms with Gasteiger partial charge in [0, 0.05) is 19.4 Å². The number of unbranched alkanes of at least 4 members (excludes halogenated alkanes) is 1. The summed E-state index contributed by atoms with van der Waals surface area (Å²) < 4.78 is 32.5. The lowest BCUT2D eigenvalue weighted by molar-refractivity contribution is -0.161. The molecule has 2 unspecified atom stereocenters. The number of carbonyl (C=O) groups is 2. The maximum Gasteiger partial charge on any atom is 0.472 e. The molecule has 10 nitrogen and oxygen atoms in total. The zero-order valence-electron chi connectivity index (χ0n) is 33.9. The Morgan fingerprint density at radius 1 is 0.625 bits per heavy atom. The molecule has 0 saturated carbocycles. The van der Waals surface area contributed by atoms with Gasteiger partial charge in [0.1, 0.15) is 6.61 Å². The molecule has 56 heavy (non-hydrogen) atoms. The number of aliphatic hydroxyl groups excluding tert-OH is 1. The molecule has 3 atom stereocenters. The van der Waals surface area contributed by atoms with Crippen molar-refractivity contribution in [3.05, 3.63) is 122 Å². The van der Waals surface area contributed by atoms with Gasteiger partial charge in [-0.1, -0.05) is 135 Å². The number of aliphatic hydroxyl groups is 1. The molecule has 0 bridgehead atoms. The number of carbonyl (C=O) groups excluding carboxylic acids is 2. The molecule has 0 heterocycles. The summed E-state index contributed by atoms with van der Waals surface area (Å²) in [5.41, 5.74) is 5.32. The van der Waals surface area contributed by atoms with E-state index in [2.05, 4.69) is 98.9 Å². The summed E-state index contributed by atoms with van der Waals surface area (Å²) in [5, 5.41) is 10.3. The van der Waals surface area contributed by atoms with Gasteiger partial charge in [0.05, 0.1) is 19.3 Å². The largest absolute Gasteiger partial charge is 0.472 e. The van der Waals surface area contributed by atoms with E-state index in [9.17, 15) is 24.2 Å². The van der Waals surface area contributed by atoms with Crippen molar-refractivity contribution in [1.29, 1.82) is 0 Å². The lowest BCUT2D eigenvalue weighted by Gasteiger charge is -2.20. The van der Waals surface area contributed by atoms with Gasteiger partial charge in [-0.05, 0) is 83.5 Å². The van der Waals surface area contributed by atoms with E-state index in [0.29, 0.717) is 25.7 Å². The number of hydrogen-bond donors (Lipinski definition) is 3. The monoisotopic (exact) mass is 799 g/mol. The highest BCUT2D eigenvalue weighted by molar-refractivity contribution is 7.47. The Kier molecular flexibility index (Phi) is 37.0. The van der Waals surface area contributed by atoms with Gasteiger partial charge in [0.2, 0.25) is 0 Å². The molecule has 0 aromatic carbocycles. The third kappa shape index (κ3) is 38.6. The van der Waals surface area contributed by atoms with Crippen LogP contribution in [0.4, 0.5) is 0 Å². The molecule has 0 radical (unpaired) electrons. The van der Waals surface area contributed by atoms with Gasteiger partial charge in [-0.15, -0.1) is 0 Å². The van der Waals surface area contributed by atoms with Crippen LogP contribution in [0.3, 0.4) is 0 Å². The number of allylic oxidation sites excluding steroid dienone is 19. The summed E-state index contributed by atoms with van der Waals surface area (Å²) >= 11 is 0. The highest BCUT2D eigenvalue weighted by atomic mass is 31.2. The van der Waals surface area contributed by atoms with Crippen molar-refractivity contribution >= 4 is 19.8 Å². The molecular formula is C45H70NO9P. The van der Waals surface area contributed by atoms with Gasteiger partial charge >= 0.3 is 19.8 Å². The zero-order valence-corrected chi connectivity index (χ0v) is 34.8. The molecule has 0 spiro atoms. The Labute approximate surface area is 337 Å². The van der Waals surface area contributed by atoms with Crippen LogP contribution in [0.15, 0.2) is 122 Å². The lowest BCUT2D eigenvalue weighted by atomic mass is 10.1. The number of ether oxygens (including phenoxy) is 2. The summed E-state index contributed by atoms with van der Waals surface area (Å²) in [6.45, 7) is 3.16. The van der Waals surface area contributed by atoms with Crippen LogP contribution in [0.2, 0.25) is 0 Å². The lowest BCUT2D eigenvalue weighted by Crippen LogP contribution is -2.29. The number of nitrogens with two attached hydrogens (primary N) is 1. The van der Waals surface area contributed by atoms with E-state index >= 15 is 0 Å². The average Bonchev–Trinajstić information content (AvgIpc) is 3.18. The van der Waals surface area contributed by atoms with Gasteiger partial charge in [-0.2, -0.15) is 0 Å². The van der Waals surface area contributed by atoms with E-state index in [1.807, 2.05) is 24.3 Å². The number of phosphoric ester groups is 1. The van der Waals surface area contributed by atoms with Gasteiger partial charge in [-0.3, -0.25) is 18.6 Å². The minimum Gasteiger partial charge on any atom is -0.462 e. The summed E-state index contributed by atoms with van der Waals surface area (Å²) in [4.78, 5) is 34.8. The summed E-state index contributed by atoms with van der Waals surface area (Å²) in [7, 11) is -4.45. The average molecular weight is 800 g/mol. The Bertz CT molecular complexity index is 1340. The van der Waals surface area contributed by atoms with Crippen LogP contribution >= 0.6 is 7.82 Å². The summed E-state index contributed by atoms with van der Waals surface area (Å²) in [6.07, 6.45) is 49.8. The first-order chi connectivity index (χ1) is 27.2. The van der Waals surface area contributed by atoms with E-state index < -0.39 is 38.6 Å². The Morgan fingerprint density at radius 2 is 1.11 bits per heavy atom. The Morgan fingerprint density at radius 3 is 1.62 bits per heavy atom. The maximum absolute atomic E-state index is 12.6. The minimum atomic E-state index is -4.45. The number of esters is 2. The second-order valence-corrected chi connectivity index (χ2v) is 14.0. The molecular weight excluding hydrogens is 729 g/mol. The van der Waals surface area contributed by atoms with Gasteiger partial charge < -0.3 is 25.2 Å². The normalized spacial score (nSPS) is 15.2. The van der Waals surface area contributed by atoms with Crippen LogP contribution in [0, 0.1) is 0 Å². The van der Waals surface area contributed by atoms with Crippen molar-refractivity contribution in [2.75, 3.05) is 26.4 Å². The molecule has 0 amide bonds. The van der Waals surface area contributed by atoms with Crippen LogP contribution in [0.1, 0.15) is 110 Å². The van der Waals surface area contributed by atoms with Crippen molar-refractivity contribution in [3.8, 4) is 0 Å². The summed E-state index contributed by atoms with van der Waals surface area (Å²) in [5.74, 6) is -1.12. The third-order valence-corrected chi connectivity index (χ3v) is 8.43. The van der Waals surface area contributed by atoms with Gasteiger partial charge in [0.25, 0.3) is 0 Å². The Hall–Kier alpha value is -3.63. The van der Waals surface area contributed by atoms with Crippen LogP contribution in [-0.4, -0.2) is 60.5 Å². The smallest absolute Gasteiger partial charge is 0.462 e. The molecule has 0 fully saturated rings. The fourth-order valence-corrected chi connectivity index (χ4v) is 5.28. The second kappa shape index (κ2) is 39.6. The third-order valence-electron chi connectivity index (χ3n) is 7.45. The Balaban J connectivity index is 4.53. The van der Waals surface area contributed by atoms with E-state index in [1.165, 1.54) is 0 Å².